The minimum absolute atomic E-state index is 0.228. The van der Waals surface area contributed by atoms with Crippen molar-refractivity contribution in [3.63, 3.8) is 0 Å². The molecule has 4 heteroatoms. The minimum atomic E-state index is 0.228. The molecule has 16 heavy (non-hydrogen) atoms. The molecule has 0 aliphatic carbocycles. The highest BCUT2D eigenvalue weighted by Crippen LogP contribution is 2.27. The summed E-state index contributed by atoms with van der Waals surface area (Å²) in [5.74, 6) is 0.839. The monoisotopic (exact) mass is 287 g/mol. The molecule has 0 heterocycles. The molecule has 0 amide bonds. The van der Waals surface area contributed by atoms with Gasteiger partial charge in [0.25, 0.3) is 0 Å². The van der Waals surface area contributed by atoms with Crippen molar-refractivity contribution in [1.29, 1.82) is 0 Å². The highest BCUT2D eigenvalue weighted by Gasteiger charge is 2.07. The van der Waals surface area contributed by atoms with Crippen LogP contribution >= 0.6 is 15.9 Å². The van der Waals surface area contributed by atoms with E-state index in [2.05, 4.69) is 34.2 Å². The molecular formula is C12H18BrNO2. The number of halogens is 1. The molecule has 1 aromatic carbocycles. The van der Waals surface area contributed by atoms with Crippen LogP contribution in [-0.4, -0.2) is 25.4 Å². The van der Waals surface area contributed by atoms with Crippen LogP contribution in [0.3, 0.4) is 0 Å². The summed E-state index contributed by atoms with van der Waals surface area (Å²) in [6, 6.07) is 6.31. The molecule has 0 saturated carbocycles. The summed E-state index contributed by atoms with van der Waals surface area (Å²) in [4.78, 5) is 0. The number of hydrogen-bond donors (Lipinski definition) is 2. The lowest BCUT2D eigenvalue weighted by atomic mass is 10.1. The van der Waals surface area contributed by atoms with Crippen molar-refractivity contribution < 1.29 is 9.84 Å². The number of ether oxygens (including phenoxy) is 1. The second-order valence-electron chi connectivity index (χ2n) is 3.65. The van der Waals surface area contributed by atoms with Gasteiger partial charge in [0.2, 0.25) is 0 Å². The van der Waals surface area contributed by atoms with E-state index < -0.39 is 0 Å². The first kappa shape index (κ1) is 13.5. The highest BCUT2D eigenvalue weighted by atomic mass is 79.9. The number of hydrogen-bond acceptors (Lipinski definition) is 3. The Kier molecular flexibility index (Phi) is 5.80. The van der Waals surface area contributed by atoms with Crippen molar-refractivity contribution in [2.24, 2.45) is 0 Å². The van der Waals surface area contributed by atoms with Crippen molar-refractivity contribution in [3.8, 4) is 5.75 Å². The van der Waals surface area contributed by atoms with Crippen molar-refractivity contribution >= 4 is 15.9 Å². The molecule has 1 rings (SSSR count). The van der Waals surface area contributed by atoms with E-state index in [1.807, 2.05) is 12.1 Å². The molecule has 1 atom stereocenters. The summed E-state index contributed by atoms with van der Waals surface area (Å²) in [6.45, 7) is 3.15. The molecule has 2 N–H and O–H groups in total. The Hall–Kier alpha value is -0.580. The molecule has 0 aliphatic rings. The SMILES string of the molecule is COc1ccc(C(C)NCCCO)cc1Br. The lowest BCUT2D eigenvalue weighted by Crippen LogP contribution is -2.20. The molecule has 1 aromatic rings. The van der Waals surface area contributed by atoms with E-state index in [1.165, 1.54) is 5.56 Å². The summed E-state index contributed by atoms with van der Waals surface area (Å²) >= 11 is 3.46. The Bertz CT molecular complexity index is 331. The highest BCUT2D eigenvalue weighted by molar-refractivity contribution is 9.10. The second kappa shape index (κ2) is 6.89. The van der Waals surface area contributed by atoms with E-state index in [0.717, 1.165) is 23.2 Å². The van der Waals surface area contributed by atoms with Crippen LogP contribution in [0.15, 0.2) is 22.7 Å². The van der Waals surface area contributed by atoms with Crippen LogP contribution in [0.4, 0.5) is 0 Å². The molecular weight excluding hydrogens is 270 g/mol. The van der Waals surface area contributed by atoms with Gasteiger partial charge >= 0.3 is 0 Å². The van der Waals surface area contributed by atoms with Gasteiger partial charge < -0.3 is 15.2 Å². The van der Waals surface area contributed by atoms with Crippen LogP contribution in [0, 0.1) is 0 Å². The molecule has 0 bridgehead atoms. The molecule has 3 nitrogen and oxygen atoms in total. The van der Waals surface area contributed by atoms with E-state index in [-0.39, 0.29) is 12.6 Å². The largest absolute Gasteiger partial charge is 0.496 e. The number of benzene rings is 1. The van der Waals surface area contributed by atoms with Crippen molar-refractivity contribution in [2.45, 2.75) is 19.4 Å². The van der Waals surface area contributed by atoms with E-state index in [4.69, 9.17) is 9.84 Å². The fourth-order valence-corrected chi connectivity index (χ4v) is 2.03. The van der Waals surface area contributed by atoms with Crippen molar-refractivity contribution in [1.82, 2.24) is 5.32 Å². The van der Waals surface area contributed by atoms with Gasteiger partial charge in [0.05, 0.1) is 11.6 Å². The predicted molar refractivity (Wildman–Crippen MR) is 68.8 cm³/mol. The molecule has 0 fully saturated rings. The van der Waals surface area contributed by atoms with Gasteiger partial charge in [-0.1, -0.05) is 6.07 Å². The Morgan fingerprint density at radius 2 is 2.25 bits per heavy atom. The molecule has 0 spiro atoms. The summed E-state index contributed by atoms with van der Waals surface area (Å²) in [6.07, 6.45) is 0.779. The molecule has 0 aliphatic heterocycles. The summed E-state index contributed by atoms with van der Waals surface area (Å²) < 4.78 is 6.14. The average Bonchev–Trinajstić information content (AvgIpc) is 2.29. The molecule has 0 saturated heterocycles. The van der Waals surface area contributed by atoms with Gasteiger partial charge in [0.15, 0.2) is 0 Å². The maximum atomic E-state index is 8.70. The van der Waals surface area contributed by atoms with Crippen LogP contribution in [-0.2, 0) is 0 Å². The standard InChI is InChI=1S/C12H18BrNO2/c1-9(14-6-3-7-15)10-4-5-12(16-2)11(13)8-10/h4-5,8-9,14-15H,3,6-7H2,1-2H3. The summed E-state index contributed by atoms with van der Waals surface area (Å²) in [5, 5.41) is 12.0. The number of aliphatic hydroxyl groups is 1. The van der Waals surface area contributed by atoms with E-state index in [1.54, 1.807) is 7.11 Å². The zero-order valence-electron chi connectivity index (χ0n) is 9.66. The van der Waals surface area contributed by atoms with Crippen LogP contribution in [0.25, 0.3) is 0 Å². The fourth-order valence-electron chi connectivity index (χ4n) is 1.47. The van der Waals surface area contributed by atoms with Gasteiger partial charge in [-0.25, -0.2) is 0 Å². The Morgan fingerprint density at radius 3 is 2.81 bits per heavy atom. The fraction of sp³-hybridized carbons (Fsp3) is 0.500. The molecule has 90 valence electrons. The Labute approximate surface area is 105 Å². The zero-order chi connectivity index (χ0) is 12.0. The first-order valence-electron chi connectivity index (χ1n) is 5.36. The average molecular weight is 288 g/mol. The number of nitrogens with one attached hydrogen (secondary N) is 1. The van der Waals surface area contributed by atoms with E-state index in [0.29, 0.717) is 0 Å². The lowest BCUT2D eigenvalue weighted by Gasteiger charge is -2.15. The number of rotatable bonds is 6. The molecule has 0 aromatic heterocycles. The smallest absolute Gasteiger partial charge is 0.133 e. The van der Waals surface area contributed by atoms with Crippen LogP contribution in [0.2, 0.25) is 0 Å². The second-order valence-corrected chi connectivity index (χ2v) is 4.50. The third-order valence-electron chi connectivity index (χ3n) is 2.46. The quantitative estimate of drug-likeness (QED) is 0.790. The third kappa shape index (κ3) is 3.77. The van der Waals surface area contributed by atoms with Crippen LogP contribution in [0.5, 0.6) is 5.75 Å². The van der Waals surface area contributed by atoms with Crippen molar-refractivity contribution in [3.05, 3.63) is 28.2 Å². The Morgan fingerprint density at radius 1 is 1.50 bits per heavy atom. The third-order valence-corrected chi connectivity index (χ3v) is 3.08. The van der Waals surface area contributed by atoms with Gasteiger partial charge in [-0.2, -0.15) is 0 Å². The van der Waals surface area contributed by atoms with Crippen molar-refractivity contribution in [2.75, 3.05) is 20.3 Å². The zero-order valence-corrected chi connectivity index (χ0v) is 11.3. The van der Waals surface area contributed by atoms with Crippen LogP contribution < -0.4 is 10.1 Å². The summed E-state index contributed by atoms with van der Waals surface area (Å²) in [7, 11) is 1.66. The first-order chi connectivity index (χ1) is 7.69. The normalized spacial score (nSPS) is 12.5. The lowest BCUT2D eigenvalue weighted by molar-refractivity contribution is 0.284. The van der Waals surface area contributed by atoms with Gasteiger partial charge in [0, 0.05) is 12.6 Å². The summed E-state index contributed by atoms with van der Waals surface area (Å²) in [5.41, 5.74) is 1.20. The van der Waals surface area contributed by atoms with E-state index >= 15 is 0 Å². The van der Waals surface area contributed by atoms with Gasteiger partial charge in [-0.15, -0.1) is 0 Å². The van der Waals surface area contributed by atoms with E-state index in [9.17, 15) is 0 Å². The Balaban J connectivity index is 2.62. The predicted octanol–water partition coefficient (Wildman–Crippen LogP) is 2.49. The topological polar surface area (TPSA) is 41.5 Å². The van der Waals surface area contributed by atoms with Gasteiger partial charge in [0.1, 0.15) is 5.75 Å². The molecule has 1 unspecified atom stereocenters. The number of aliphatic hydroxyl groups excluding tert-OH is 1. The van der Waals surface area contributed by atoms with Gasteiger partial charge in [-0.3, -0.25) is 0 Å². The van der Waals surface area contributed by atoms with Crippen LogP contribution in [0.1, 0.15) is 24.9 Å². The maximum Gasteiger partial charge on any atom is 0.133 e. The van der Waals surface area contributed by atoms with Gasteiger partial charge in [-0.05, 0) is 53.5 Å². The first-order valence-corrected chi connectivity index (χ1v) is 6.16. The minimum Gasteiger partial charge on any atom is -0.496 e. The molecule has 0 radical (unpaired) electrons. The number of methoxy groups -OCH3 is 1. The maximum absolute atomic E-state index is 8.70.